The molecule has 32 heavy (non-hydrogen) atoms. The SMILES string of the molecule is Cc1ccc(-c2ccc(C=NNC(=O)C(O)(c3ccccc3)c3ccccc3)o2)cc1Br. The van der Waals surface area contributed by atoms with E-state index in [1.54, 1.807) is 54.6 Å². The van der Waals surface area contributed by atoms with Crippen molar-refractivity contribution in [3.8, 4) is 11.3 Å². The summed E-state index contributed by atoms with van der Waals surface area (Å²) in [7, 11) is 0. The molecular formula is C26H21BrN2O3. The molecule has 1 aromatic heterocycles. The third kappa shape index (κ3) is 4.42. The van der Waals surface area contributed by atoms with Crippen molar-refractivity contribution in [3.05, 3.63) is 118 Å². The molecule has 5 nitrogen and oxygen atoms in total. The molecule has 0 bridgehead atoms. The lowest BCUT2D eigenvalue weighted by Crippen LogP contribution is -2.43. The molecule has 2 N–H and O–H groups in total. The van der Waals surface area contributed by atoms with E-state index in [0.717, 1.165) is 15.6 Å². The van der Waals surface area contributed by atoms with E-state index < -0.39 is 11.5 Å². The standard InChI is InChI=1S/C26H21BrN2O3/c1-18-12-13-19(16-23(18)27)24-15-14-22(32-24)17-28-29-25(30)26(31,20-8-4-2-5-9-20)21-10-6-3-7-11-21/h2-17,31H,1H3,(H,29,30). The van der Waals surface area contributed by atoms with Gasteiger partial charge in [-0.15, -0.1) is 0 Å². The number of hydrazone groups is 1. The molecule has 0 spiro atoms. The highest BCUT2D eigenvalue weighted by molar-refractivity contribution is 9.10. The Labute approximate surface area is 194 Å². The quantitative estimate of drug-likeness (QED) is 0.281. The number of benzene rings is 3. The maximum atomic E-state index is 13.0. The molecule has 0 radical (unpaired) electrons. The van der Waals surface area contributed by atoms with Gasteiger partial charge in [0, 0.05) is 10.0 Å². The Balaban J connectivity index is 1.54. The number of amides is 1. The zero-order valence-electron chi connectivity index (χ0n) is 17.3. The van der Waals surface area contributed by atoms with Crippen molar-refractivity contribution in [2.24, 2.45) is 5.10 Å². The topological polar surface area (TPSA) is 74.8 Å². The van der Waals surface area contributed by atoms with Crippen LogP contribution in [0.2, 0.25) is 0 Å². The van der Waals surface area contributed by atoms with Gasteiger partial charge in [0.2, 0.25) is 0 Å². The second-order valence-electron chi connectivity index (χ2n) is 7.31. The second-order valence-corrected chi connectivity index (χ2v) is 8.16. The van der Waals surface area contributed by atoms with Crippen LogP contribution in [0.25, 0.3) is 11.3 Å². The van der Waals surface area contributed by atoms with Crippen LogP contribution in [0.5, 0.6) is 0 Å². The largest absolute Gasteiger partial charge is 0.455 e. The Morgan fingerprint density at radius 1 is 0.969 bits per heavy atom. The summed E-state index contributed by atoms with van der Waals surface area (Å²) in [4.78, 5) is 13.0. The van der Waals surface area contributed by atoms with Gasteiger partial charge in [0.05, 0.1) is 6.21 Å². The molecule has 1 amide bonds. The van der Waals surface area contributed by atoms with E-state index in [0.29, 0.717) is 22.6 Å². The molecule has 0 saturated heterocycles. The molecule has 0 unspecified atom stereocenters. The highest BCUT2D eigenvalue weighted by atomic mass is 79.9. The predicted octanol–water partition coefficient (Wildman–Crippen LogP) is 5.40. The average molecular weight is 489 g/mol. The van der Waals surface area contributed by atoms with Crippen molar-refractivity contribution in [1.82, 2.24) is 5.43 Å². The number of nitrogens with zero attached hydrogens (tertiary/aromatic N) is 1. The van der Waals surface area contributed by atoms with Crippen molar-refractivity contribution in [3.63, 3.8) is 0 Å². The van der Waals surface area contributed by atoms with Gasteiger partial charge in [0.1, 0.15) is 11.5 Å². The number of hydrogen-bond acceptors (Lipinski definition) is 4. The number of nitrogens with one attached hydrogen (secondary N) is 1. The number of carbonyl (C=O) groups excluding carboxylic acids is 1. The molecule has 0 aliphatic rings. The normalized spacial score (nSPS) is 11.6. The number of aryl methyl sites for hydroxylation is 1. The Morgan fingerprint density at radius 2 is 1.59 bits per heavy atom. The highest BCUT2D eigenvalue weighted by Gasteiger charge is 2.39. The summed E-state index contributed by atoms with van der Waals surface area (Å²) in [5.74, 6) is 0.490. The van der Waals surface area contributed by atoms with Crippen molar-refractivity contribution < 1.29 is 14.3 Å². The predicted molar refractivity (Wildman–Crippen MR) is 128 cm³/mol. The van der Waals surface area contributed by atoms with Crippen molar-refractivity contribution in [2.75, 3.05) is 0 Å². The van der Waals surface area contributed by atoms with Crippen LogP contribution in [-0.2, 0) is 10.4 Å². The molecular weight excluding hydrogens is 468 g/mol. The summed E-state index contributed by atoms with van der Waals surface area (Å²) in [6, 6.07) is 27.1. The summed E-state index contributed by atoms with van der Waals surface area (Å²) in [5.41, 5.74) is 3.52. The molecule has 160 valence electrons. The van der Waals surface area contributed by atoms with Crippen molar-refractivity contribution >= 4 is 28.1 Å². The Hall–Kier alpha value is -3.48. The first kappa shape index (κ1) is 21.7. The minimum atomic E-state index is -1.89. The van der Waals surface area contributed by atoms with Gasteiger partial charge >= 0.3 is 0 Å². The van der Waals surface area contributed by atoms with Gasteiger partial charge in [-0.05, 0) is 41.8 Å². The van der Waals surface area contributed by atoms with E-state index in [1.165, 1.54) is 6.21 Å². The van der Waals surface area contributed by atoms with Crippen molar-refractivity contribution in [2.45, 2.75) is 12.5 Å². The molecule has 0 aliphatic carbocycles. The lowest BCUT2D eigenvalue weighted by Gasteiger charge is -2.26. The van der Waals surface area contributed by atoms with Crippen LogP contribution in [0.1, 0.15) is 22.5 Å². The van der Waals surface area contributed by atoms with Gasteiger partial charge in [-0.3, -0.25) is 4.79 Å². The van der Waals surface area contributed by atoms with Crippen LogP contribution in [-0.4, -0.2) is 17.2 Å². The maximum Gasteiger partial charge on any atom is 0.281 e. The number of halogens is 1. The summed E-state index contributed by atoms with van der Waals surface area (Å²) in [6.07, 6.45) is 1.40. The molecule has 4 aromatic rings. The molecule has 1 heterocycles. The molecule has 0 atom stereocenters. The smallest absolute Gasteiger partial charge is 0.281 e. The van der Waals surface area contributed by atoms with Crippen LogP contribution < -0.4 is 5.43 Å². The third-order valence-electron chi connectivity index (χ3n) is 5.15. The van der Waals surface area contributed by atoms with E-state index >= 15 is 0 Å². The summed E-state index contributed by atoms with van der Waals surface area (Å²) >= 11 is 3.53. The van der Waals surface area contributed by atoms with Gasteiger partial charge in [-0.25, -0.2) is 5.43 Å². The van der Waals surface area contributed by atoms with Crippen LogP contribution in [0.4, 0.5) is 0 Å². The molecule has 4 rings (SSSR count). The molecule has 0 fully saturated rings. The first-order chi connectivity index (χ1) is 15.5. The van der Waals surface area contributed by atoms with Gasteiger partial charge in [-0.2, -0.15) is 5.10 Å². The van der Waals surface area contributed by atoms with Gasteiger partial charge in [-0.1, -0.05) is 88.7 Å². The number of rotatable bonds is 6. The number of aliphatic hydroxyl groups is 1. The number of carbonyl (C=O) groups is 1. The fourth-order valence-electron chi connectivity index (χ4n) is 3.35. The average Bonchev–Trinajstić information content (AvgIpc) is 3.30. The van der Waals surface area contributed by atoms with Crippen LogP contribution in [0.15, 0.2) is 105 Å². The van der Waals surface area contributed by atoms with Crippen LogP contribution in [0.3, 0.4) is 0 Å². The Morgan fingerprint density at radius 3 is 2.19 bits per heavy atom. The molecule has 0 aliphatic heterocycles. The van der Waals surface area contributed by atoms with Gasteiger partial charge in [0.25, 0.3) is 5.91 Å². The Kier molecular flexibility index (Phi) is 6.35. The number of hydrogen-bond donors (Lipinski definition) is 2. The van der Waals surface area contributed by atoms with E-state index in [2.05, 4.69) is 26.5 Å². The van der Waals surface area contributed by atoms with E-state index in [9.17, 15) is 9.90 Å². The van der Waals surface area contributed by atoms with Crippen molar-refractivity contribution in [1.29, 1.82) is 0 Å². The number of furan rings is 1. The van der Waals surface area contributed by atoms with E-state index in [4.69, 9.17) is 4.42 Å². The minimum Gasteiger partial charge on any atom is -0.455 e. The molecule has 6 heteroatoms. The lowest BCUT2D eigenvalue weighted by molar-refractivity contribution is -0.136. The van der Waals surface area contributed by atoms with E-state index in [1.807, 2.05) is 43.3 Å². The maximum absolute atomic E-state index is 13.0. The third-order valence-corrected chi connectivity index (χ3v) is 6.01. The zero-order valence-corrected chi connectivity index (χ0v) is 18.9. The van der Waals surface area contributed by atoms with Crippen LogP contribution >= 0.6 is 15.9 Å². The summed E-state index contributed by atoms with van der Waals surface area (Å²) < 4.78 is 6.81. The minimum absolute atomic E-state index is 0.448. The lowest BCUT2D eigenvalue weighted by atomic mass is 9.85. The Bertz CT molecular complexity index is 1210. The first-order valence-electron chi connectivity index (χ1n) is 10.0. The van der Waals surface area contributed by atoms with Gasteiger partial charge < -0.3 is 9.52 Å². The zero-order chi connectivity index (χ0) is 22.6. The molecule has 0 saturated carbocycles. The van der Waals surface area contributed by atoms with E-state index in [-0.39, 0.29) is 0 Å². The fourth-order valence-corrected chi connectivity index (χ4v) is 3.73. The molecule has 3 aromatic carbocycles. The second kappa shape index (κ2) is 9.34. The fraction of sp³-hybridized carbons (Fsp3) is 0.0769. The van der Waals surface area contributed by atoms with Crippen LogP contribution in [0, 0.1) is 6.92 Å². The monoisotopic (exact) mass is 488 g/mol. The highest BCUT2D eigenvalue weighted by Crippen LogP contribution is 2.30. The first-order valence-corrected chi connectivity index (χ1v) is 10.8. The summed E-state index contributed by atoms with van der Waals surface area (Å²) in [5, 5.41) is 15.4. The summed E-state index contributed by atoms with van der Waals surface area (Å²) in [6.45, 7) is 2.02. The van der Waals surface area contributed by atoms with Gasteiger partial charge in [0.15, 0.2) is 5.60 Å².